The van der Waals surface area contributed by atoms with E-state index in [1.807, 2.05) is 18.2 Å². The molecule has 1 atom stereocenters. The van der Waals surface area contributed by atoms with Gasteiger partial charge in [0, 0.05) is 29.3 Å². The van der Waals surface area contributed by atoms with Gasteiger partial charge in [-0.05, 0) is 60.4 Å². The predicted octanol–water partition coefficient (Wildman–Crippen LogP) is 2.90. The van der Waals surface area contributed by atoms with Gasteiger partial charge in [-0.25, -0.2) is 0 Å². The fourth-order valence-corrected chi connectivity index (χ4v) is 2.84. The summed E-state index contributed by atoms with van der Waals surface area (Å²) in [5.74, 6) is 0. The number of nitrogens with one attached hydrogen (secondary N) is 1. The van der Waals surface area contributed by atoms with Gasteiger partial charge in [0.15, 0.2) is 0 Å². The van der Waals surface area contributed by atoms with Gasteiger partial charge in [-0.15, -0.1) is 0 Å². The van der Waals surface area contributed by atoms with E-state index in [0.29, 0.717) is 11.6 Å². The highest BCUT2D eigenvalue weighted by Gasteiger charge is 2.17. The molecule has 0 radical (unpaired) electrons. The second-order valence-corrected chi connectivity index (χ2v) is 5.46. The second-order valence-electron chi connectivity index (χ2n) is 4.61. The van der Waals surface area contributed by atoms with Crippen molar-refractivity contribution in [3.8, 4) is 6.07 Å². The van der Waals surface area contributed by atoms with E-state index in [0.717, 1.165) is 24.1 Å². The van der Waals surface area contributed by atoms with Gasteiger partial charge < -0.3 is 10.2 Å². The van der Waals surface area contributed by atoms with Crippen LogP contribution in [-0.4, -0.2) is 25.7 Å². The van der Waals surface area contributed by atoms with Crippen molar-refractivity contribution >= 4 is 21.6 Å². The zero-order valence-electron chi connectivity index (χ0n) is 10.6. The Morgan fingerprint density at radius 2 is 2.39 bits per heavy atom. The lowest BCUT2D eigenvalue weighted by Crippen LogP contribution is -2.37. The minimum absolute atomic E-state index is 0.597. The maximum atomic E-state index is 8.93. The summed E-state index contributed by atoms with van der Waals surface area (Å²) in [6.07, 6.45) is 2.53. The monoisotopic (exact) mass is 307 g/mol. The van der Waals surface area contributed by atoms with Crippen LogP contribution in [0.5, 0.6) is 0 Å². The molecule has 0 aromatic heterocycles. The third-order valence-corrected chi connectivity index (χ3v) is 4.08. The molecule has 0 amide bonds. The first-order valence-corrected chi connectivity index (χ1v) is 7.22. The molecule has 0 saturated carbocycles. The van der Waals surface area contributed by atoms with Gasteiger partial charge in [-0.3, -0.25) is 0 Å². The molecular formula is C14H18BrN3. The number of anilines is 1. The molecule has 0 bridgehead atoms. The maximum Gasteiger partial charge on any atom is 0.100 e. The van der Waals surface area contributed by atoms with Gasteiger partial charge in [0.1, 0.15) is 6.07 Å². The van der Waals surface area contributed by atoms with E-state index in [4.69, 9.17) is 5.26 Å². The summed E-state index contributed by atoms with van der Waals surface area (Å²) in [4.78, 5) is 2.36. The number of hydrogen-bond acceptors (Lipinski definition) is 3. The van der Waals surface area contributed by atoms with E-state index in [1.165, 1.54) is 18.5 Å². The van der Waals surface area contributed by atoms with Gasteiger partial charge in [0.2, 0.25) is 0 Å². The van der Waals surface area contributed by atoms with Crippen LogP contribution in [0.25, 0.3) is 0 Å². The first kappa shape index (κ1) is 13.4. The quantitative estimate of drug-likeness (QED) is 0.929. The molecule has 1 aromatic carbocycles. The average molecular weight is 308 g/mol. The number of nitrogens with zero attached hydrogens (tertiary/aromatic N) is 2. The molecule has 1 aliphatic rings. The molecule has 2 rings (SSSR count). The molecule has 18 heavy (non-hydrogen) atoms. The van der Waals surface area contributed by atoms with Crippen LogP contribution in [0.1, 0.15) is 25.3 Å². The topological polar surface area (TPSA) is 39.1 Å². The molecule has 1 aromatic rings. The van der Waals surface area contributed by atoms with Crippen molar-refractivity contribution in [3.63, 3.8) is 0 Å². The number of halogens is 1. The molecule has 1 unspecified atom stereocenters. The van der Waals surface area contributed by atoms with Crippen LogP contribution in [0.2, 0.25) is 0 Å². The molecule has 96 valence electrons. The summed E-state index contributed by atoms with van der Waals surface area (Å²) in [6, 6.07) is 8.72. The van der Waals surface area contributed by atoms with E-state index >= 15 is 0 Å². The standard InChI is InChI=1S/C14H18BrN3/c1-2-18(10-12-4-3-7-17-12)13-6-5-11(9-16)14(15)8-13/h5-6,8,12,17H,2-4,7,10H2,1H3. The minimum atomic E-state index is 0.597. The lowest BCUT2D eigenvalue weighted by atomic mass is 10.1. The van der Waals surface area contributed by atoms with E-state index in [1.54, 1.807) is 0 Å². The maximum absolute atomic E-state index is 8.93. The third-order valence-electron chi connectivity index (χ3n) is 3.42. The molecule has 0 aliphatic carbocycles. The molecular weight excluding hydrogens is 290 g/mol. The summed E-state index contributed by atoms with van der Waals surface area (Å²) in [6.45, 7) is 5.33. The third kappa shape index (κ3) is 3.04. The van der Waals surface area contributed by atoms with E-state index < -0.39 is 0 Å². The van der Waals surface area contributed by atoms with Gasteiger partial charge in [0.25, 0.3) is 0 Å². The van der Waals surface area contributed by atoms with Crippen LogP contribution < -0.4 is 10.2 Å². The Morgan fingerprint density at radius 3 is 2.94 bits per heavy atom. The molecule has 4 heteroatoms. The lowest BCUT2D eigenvalue weighted by molar-refractivity contribution is 0.586. The fourth-order valence-electron chi connectivity index (χ4n) is 2.39. The Labute approximate surface area is 117 Å². The number of hydrogen-bond donors (Lipinski definition) is 1. The highest BCUT2D eigenvalue weighted by molar-refractivity contribution is 9.10. The molecule has 1 N–H and O–H groups in total. The summed E-state index contributed by atoms with van der Waals surface area (Å²) < 4.78 is 0.875. The Kier molecular flexibility index (Phi) is 4.62. The lowest BCUT2D eigenvalue weighted by Gasteiger charge is -2.26. The van der Waals surface area contributed by atoms with Crippen molar-refractivity contribution in [1.82, 2.24) is 5.32 Å². The Balaban J connectivity index is 2.11. The normalized spacial score (nSPS) is 18.6. The van der Waals surface area contributed by atoms with Gasteiger partial charge in [0.05, 0.1) is 5.56 Å². The van der Waals surface area contributed by atoms with Crippen LogP contribution in [0.4, 0.5) is 5.69 Å². The first-order valence-electron chi connectivity index (χ1n) is 6.42. The molecule has 1 aliphatic heterocycles. The van der Waals surface area contributed by atoms with E-state index in [2.05, 4.69) is 39.1 Å². The van der Waals surface area contributed by atoms with Crippen molar-refractivity contribution in [3.05, 3.63) is 28.2 Å². The Morgan fingerprint density at radius 1 is 1.56 bits per heavy atom. The molecule has 3 nitrogen and oxygen atoms in total. The zero-order valence-corrected chi connectivity index (χ0v) is 12.2. The molecule has 1 heterocycles. The van der Waals surface area contributed by atoms with Crippen LogP contribution >= 0.6 is 15.9 Å². The smallest absolute Gasteiger partial charge is 0.100 e. The van der Waals surface area contributed by atoms with Crippen LogP contribution in [0.3, 0.4) is 0 Å². The van der Waals surface area contributed by atoms with Crippen molar-refractivity contribution in [2.24, 2.45) is 0 Å². The van der Waals surface area contributed by atoms with Gasteiger partial charge in [-0.2, -0.15) is 5.26 Å². The zero-order chi connectivity index (χ0) is 13.0. The summed E-state index contributed by atoms with van der Waals surface area (Å²) >= 11 is 3.45. The number of nitriles is 1. The molecule has 1 fully saturated rings. The first-order chi connectivity index (χ1) is 8.74. The van der Waals surface area contributed by atoms with Crippen molar-refractivity contribution < 1.29 is 0 Å². The second kappa shape index (κ2) is 6.21. The van der Waals surface area contributed by atoms with Crippen LogP contribution in [0.15, 0.2) is 22.7 Å². The fraction of sp³-hybridized carbons (Fsp3) is 0.500. The van der Waals surface area contributed by atoms with Crippen molar-refractivity contribution in [1.29, 1.82) is 5.26 Å². The SMILES string of the molecule is CCN(CC1CCCN1)c1ccc(C#N)c(Br)c1. The number of likely N-dealkylation sites (N-methyl/N-ethyl adjacent to an activating group) is 1. The Hall–Kier alpha value is -1.05. The average Bonchev–Trinajstić information content (AvgIpc) is 2.88. The number of rotatable bonds is 4. The van der Waals surface area contributed by atoms with Crippen molar-refractivity contribution in [2.75, 3.05) is 24.5 Å². The summed E-state index contributed by atoms with van der Waals surface area (Å²) in [5, 5.41) is 12.5. The van der Waals surface area contributed by atoms with E-state index in [9.17, 15) is 0 Å². The van der Waals surface area contributed by atoms with Gasteiger partial charge in [-0.1, -0.05) is 0 Å². The summed E-state index contributed by atoms with van der Waals surface area (Å²) in [5.41, 5.74) is 1.87. The Bertz CT molecular complexity index is 447. The highest BCUT2D eigenvalue weighted by Crippen LogP contribution is 2.24. The van der Waals surface area contributed by atoms with Crippen LogP contribution in [0, 0.1) is 11.3 Å². The van der Waals surface area contributed by atoms with E-state index in [-0.39, 0.29) is 0 Å². The minimum Gasteiger partial charge on any atom is -0.370 e. The largest absolute Gasteiger partial charge is 0.370 e. The molecule has 1 saturated heterocycles. The predicted molar refractivity (Wildman–Crippen MR) is 77.8 cm³/mol. The number of benzene rings is 1. The van der Waals surface area contributed by atoms with Crippen molar-refractivity contribution in [2.45, 2.75) is 25.8 Å². The molecule has 0 spiro atoms. The summed E-state index contributed by atoms with van der Waals surface area (Å²) in [7, 11) is 0. The van der Waals surface area contributed by atoms with Gasteiger partial charge >= 0.3 is 0 Å². The highest BCUT2D eigenvalue weighted by atomic mass is 79.9. The van der Waals surface area contributed by atoms with Crippen LogP contribution in [-0.2, 0) is 0 Å².